The van der Waals surface area contributed by atoms with E-state index in [0.717, 1.165) is 18.8 Å². The smallest absolute Gasteiger partial charge is 0.0654 e. The molecule has 4 heteroatoms. The van der Waals surface area contributed by atoms with Crippen LogP contribution in [0.3, 0.4) is 0 Å². The summed E-state index contributed by atoms with van der Waals surface area (Å²) in [5.74, 6) is 0. The molecule has 0 bridgehead atoms. The molecule has 17 heavy (non-hydrogen) atoms. The average molecular weight is 264 g/mol. The number of thioether (sulfide) groups is 1. The minimum absolute atomic E-state index is 0.887. The maximum absolute atomic E-state index is 4.10. The van der Waals surface area contributed by atoms with E-state index >= 15 is 0 Å². The van der Waals surface area contributed by atoms with Crippen LogP contribution < -0.4 is 0 Å². The van der Waals surface area contributed by atoms with Crippen LogP contribution in [-0.4, -0.2) is 30.4 Å². The Morgan fingerprint density at radius 1 is 1.24 bits per heavy atom. The molecule has 0 unspecified atom stereocenters. The number of hydrogen-bond donors (Lipinski definition) is 0. The molecule has 0 N–H and O–H groups in total. The van der Waals surface area contributed by atoms with E-state index in [4.69, 9.17) is 0 Å². The van der Waals surface area contributed by atoms with E-state index in [2.05, 4.69) is 53.5 Å². The minimum Gasteiger partial charge on any atom is -0.267 e. The van der Waals surface area contributed by atoms with Crippen LogP contribution in [0.25, 0.3) is 0 Å². The van der Waals surface area contributed by atoms with Crippen LogP contribution in [0.2, 0.25) is 0 Å². The predicted molar refractivity (Wildman–Crippen MR) is 78.7 cm³/mol. The Morgan fingerprint density at radius 2 is 1.94 bits per heavy atom. The zero-order chi connectivity index (χ0) is 12.3. The molecule has 0 fully saturated rings. The highest BCUT2D eigenvalue weighted by Gasteiger charge is 2.21. The number of aryl methyl sites for hydroxylation is 1. The fourth-order valence-corrected chi connectivity index (χ4v) is 3.36. The van der Waals surface area contributed by atoms with Crippen molar-refractivity contribution in [2.75, 3.05) is 19.3 Å². The Kier molecular flexibility index (Phi) is 4.31. The SMILES string of the molecule is C=NC1=C(SC)CN(Sc2ccc(C)cc2)C1. The molecule has 0 aliphatic carbocycles. The van der Waals surface area contributed by atoms with Crippen molar-refractivity contribution in [3.63, 3.8) is 0 Å². The van der Waals surface area contributed by atoms with Gasteiger partial charge in [-0.2, -0.15) is 0 Å². The van der Waals surface area contributed by atoms with Crippen molar-refractivity contribution in [2.45, 2.75) is 11.8 Å². The molecule has 1 heterocycles. The van der Waals surface area contributed by atoms with E-state index in [1.165, 1.54) is 15.4 Å². The van der Waals surface area contributed by atoms with Crippen molar-refractivity contribution in [3.8, 4) is 0 Å². The average Bonchev–Trinajstić information content (AvgIpc) is 2.74. The van der Waals surface area contributed by atoms with E-state index in [0.29, 0.717) is 0 Å². The molecular formula is C13H16N2S2. The van der Waals surface area contributed by atoms with Crippen LogP contribution >= 0.6 is 23.7 Å². The van der Waals surface area contributed by atoms with Gasteiger partial charge in [0.1, 0.15) is 0 Å². The number of benzene rings is 1. The molecule has 0 radical (unpaired) electrons. The van der Waals surface area contributed by atoms with E-state index in [9.17, 15) is 0 Å². The highest BCUT2D eigenvalue weighted by atomic mass is 32.2. The third-order valence-corrected chi connectivity index (χ3v) is 4.52. The minimum atomic E-state index is 0.887. The van der Waals surface area contributed by atoms with Gasteiger partial charge in [-0.25, -0.2) is 4.31 Å². The summed E-state index contributed by atoms with van der Waals surface area (Å²) in [5, 5.41) is 0. The number of nitrogens with zero attached hydrogens (tertiary/aromatic N) is 2. The van der Waals surface area contributed by atoms with E-state index in [-0.39, 0.29) is 0 Å². The molecule has 1 aromatic carbocycles. The Hall–Kier alpha value is -0.710. The first-order chi connectivity index (χ1) is 8.22. The van der Waals surface area contributed by atoms with Crippen molar-refractivity contribution >= 4 is 30.4 Å². The standard InChI is InChI=1S/C13H16N2S2/c1-10-4-6-11(7-5-10)17-15-8-12(14-2)13(9-15)16-3/h4-7H,2,8-9H2,1,3H3. The zero-order valence-corrected chi connectivity index (χ0v) is 11.8. The Morgan fingerprint density at radius 3 is 2.47 bits per heavy atom. The summed E-state index contributed by atoms with van der Waals surface area (Å²) in [6.07, 6.45) is 2.10. The molecule has 1 aliphatic heterocycles. The van der Waals surface area contributed by atoms with Gasteiger partial charge >= 0.3 is 0 Å². The van der Waals surface area contributed by atoms with Crippen LogP contribution in [0.5, 0.6) is 0 Å². The van der Waals surface area contributed by atoms with Gasteiger partial charge in [-0.3, -0.25) is 4.99 Å². The molecular weight excluding hydrogens is 248 g/mol. The fraction of sp³-hybridized carbons (Fsp3) is 0.308. The lowest BCUT2D eigenvalue weighted by Crippen LogP contribution is -2.11. The second-order valence-electron chi connectivity index (χ2n) is 3.93. The first-order valence-corrected chi connectivity index (χ1v) is 7.45. The summed E-state index contributed by atoms with van der Waals surface area (Å²) in [7, 11) is 0. The Bertz CT molecular complexity index is 437. The van der Waals surface area contributed by atoms with Gasteiger partial charge < -0.3 is 0 Å². The lowest BCUT2D eigenvalue weighted by atomic mass is 10.2. The monoisotopic (exact) mass is 264 g/mol. The second-order valence-corrected chi connectivity index (χ2v) is 6.01. The summed E-state index contributed by atoms with van der Waals surface area (Å²) < 4.78 is 2.32. The van der Waals surface area contributed by atoms with Gasteiger partial charge in [-0.05, 0) is 44.0 Å². The summed E-state index contributed by atoms with van der Waals surface area (Å²) in [5.41, 5.74) is 2.42. The van der Waals surface area contributed by atoms with Crippen molar-refractivity contribution in [3.05, 3.63) is 40.4 Å². The quantitative estimate of drug-likeness (QED) is 0.610. The molecule has 0 aromatic heterocycles. The first-order valence-electron chi connectivity index (χ1n) is 5.45. The van der Waals surface area contributed by atoms with Crippen molar-refractivity contribution < 1.29 is 0 Å². The van der Waals surface area contributed by atoms with Crippen molar-refractivity contribution in [2.24, 2.45) is 4.99 Å². The number of rotatable bonds is 4. The maximum atomic E-state index is 4.10. The molecule has 2 rings (SSSR count). The van der Waals surface area contributed by atoms with Crippen LogP contribution in [0.15, 0.2) is 44.8 Å². The summed E-state index contributed by atoms with van der Waals surface area (Å²) in [6, 6.07) is 8.62. The summed E-state index contributed by atoms with van der Waals surface area (Å²) in [6.45, 7) is 7.60. The van der Waals surface area contributed by atoms with Gasteiger partial charge in [0.2, 0.25) is 0 Å². The molecule has 90 valence electrons. The van der Waals surface area contributed by atoms with Crippen LogP contribution in [0.4, 0.5) is 0 Å². The van der Waals surface area contributed by atoms with Crippen LogP contribution in [0.1, 0.15) is 5.56 Å². The predicted octanol–water partition coefficient (Wildman–Crippen LogP) is 3.59. The number of hydrogen-bond acceptors (Lipinski definition) is 4. The lowest BCUT2D eigenvalue weighted by Gasteiger charge is -2.14. The summed E-state index contributed by atoms with van der Waals surface area (Å²) >= 11 is 3.56. The third kappa shape index (κ3) is 3.15. The van der Waals surface area contributed by atoms with Gasteiger partial charge in [0.25, 0.3) is 0 Å². The van der Waals surface area contributed by atoms with E-state index in [1.807, 2.05) is 0 Å². The zero-order valence-electron chi connectivity index (χ0n) is 10.1. The van der Waals surface area contributed by atoms with Crippen molar-refractivity contribution in [1.29, 1.82) is 0 Å². The molecule has 0 atom stereocenters. The summed E-state index contributed by atoms with van der Waals surface area (Å²) in [4.78, 5) is 6.71. The Balaban J connectivity index is 1.99. The fourth-order valence-electron chi connectivity index (χ4n) is 1.70. The lowest BCUT2D eigenvalue weighted by molar-refractivity contribution is 0.598. The number of aliphatic imine (C=N–C) groups is 1. The largest absolute Gasteiger partial charge is 0.267 e. The normalized spacial score (nSPS) is 16.6. The molecule has 2 nitrogen and oxygen atoms in total. The van der Waals surface area contributed by atoms with Gasteiger partial charge in [0.15, 0.2) is 0 Å². The van der Waals surface area contributed by atoms with E-state index in [1.54, 1.807) is 23.7 Å². The van der Waals surface area contributed by atoms with Gasteiger partial charge in [-0.1, -0.05) is 17.7 Å². The van der Waals surface area contributed by atoms with Crippen LogP contribution in [-0.2, 0) is 0 Å². The molecule has 1 aliphatic rings. The molecule has 0 saturated carbocycles. The maximum Gasteiger partial charge on any atom is 0.0654 e. The van der Waals surface area contributed by atoms with Gasteiger partial charge in [0, 0.05) is 16.3 Å². The van der Waals surface area contributed by atoms with Gasteiger partial charge in [0.05, 0.1) is 12.2 Å². The second kappa shape index (κ2) is 5.76. The topological polar surface area (TPSA) is 15.6 Å². The molecule has 1 aromatic rings. The molecule has 0 spiro atoms. The van der Waals surface area contributed by atoms with Crippen LogP contribution in [0, 0.1) is 6.92 Å². The first kappa shape index (κ1) is 12.7. The van der Waals surface area contributed by atoms with Gasteiger partial charge in [-0.15, -0.1) is 11.8 Å². The molecule has 0 amide bonds. The highest BCUT2D eigenvalue weighted by molar-refractivity contribution is 8.02. The Labute approximate surface area is 111 Å². The highest BCUT2D eigenvalue weighted by Crippen LogP contribution is 2.33. The molecule has 0 saturated heterocycles. The van der Waals surface area contributed by atoms with Crippen molar-refractivity contribution in [1.82, 2.24) is 4.31 Å². The third-order valence-electron chi connectivity index (χ3n) is 2.66. The van der Waals surface area contributed by atoms with E-state index < -0.39 is 0 Å².